The Bertz CT molecular complexity index is 827. The molecule has 0 atom stereocenters. The Hall–Kier alpha value is -3.15. The van der Waals surface area contributed by atoms with Crippen LogP contribution >= 0.6 is 0 Å². The van der Waals surface area contributed by atoms with Crippen molar-refractivity contribution in [2.45, 2.75) is 13.5 Å². The van der Waals surface area contributed by atoms with Crippen LogP contribution in [-0.2, 0) is 6.54 Å². The second-order valence-electron chi connectivity index (χ2n) is 5.36. The summed E-state index contributed by atoms with van der Waals surface area (Å²) in [5, 5.41) is 6.96. The molecule has 2 aromatic heterocycles. The molecule has 1 aromatic carbocycles. The van der Waals surface area contributed by atoms with Gasteiger partial charge in [-0.2, -0.15) is 5.10 Å². The number of aromatic nitrogens is 3. The lowest BCUT2D eigenvalue weighted by Gasteiger charge is -2.10. The number of rotatable bonds is 5. The number of nitrogens with one attached hydrogen (secondary N) is 1. The second-order valence-corrected chi connectivity index (χ2v) is 5.36. The highest BCUT2D eigenvalue weighted by Gasteiger charge is 2.11. The van der Waals surface area contributed by atoms with E-state index in [2.05, 4.69) is 15.4 Å². The standard InChI is InChI=1S/C18H18N4O2/c1-13-4-9-16(24-2)17(20-13)21-18(23)15-7-5-14(6-8-15)12-22-11-3-10-19-22/h3-11H,12H2,1-2H3,(H,20,21,23). The number of anilines is 1. The van der Waals surface area contributed by atoms with Crippen LogP contribution in [0.2, 0.25) is 0 Å². The average Bonchev–Trinajstić information content (AvgIpc) is 3.09. The SMILES string of the molecule is COc1ccc(C)nc1NC(=O)c1ccc(Cn2cccn2)cc1. The lowest BCUT2D eigenvalue weighted by atomic mass is 10.1. The summed E-state index contributed by atoms with van der Waals surface area (Å²) in [6, 6.07) is 12.9. The van der Waals surface area contributed by atoms with E-state index in [-0.39, 0.29) is 5.91 Å². The van der Waals surface area contributed by atoms with Gasteiger partial charge in [-0.15, -0.1) is 0 Å². The van der Waals surface area contributed by atoms with Gasteiger partial charge in [-0.1, -0.05) is 12.1 Å². The summed E-state index contributed by atoms with van der Waals surface area (Å²) in [4.78, 5) is 16.7. The van der Waals surface area contributed by atoms with Crippen LogP contribution in [0, 0.1) is 6.92 Å². The van der Waals surface area contributed by atoms with Crippen molar-refractivity contribution in [2.24, 2.45) is 0 Å². The zero-order valence-electron chi connectivity index (χ0n) is 13.6. The third kappa shape index (κ3) is 3.60. The van der Waals surface area contributed by atoms with E-state index >= 15 is 0 Å². The maximum Gasteiger partial charge on any atom is 0.256 e. The molecule has 0 radical (unpaired) electrons. The maximum atomic E-state index is 12.4. The van der Waals surface area contributed by atoms with E-state index in [1.54, 1.807) is 31.5 Å². The number of aryl methyl sites for hydroxylation is 1. The van der Waals surface area contributed by atoms with Crippen LogP contribution in [-0.4, -0.2) is 27.8 Å². The summed E-state index contributed by atoms with van der Waals surface area (Å²) in [7, 11) is 1.55. The predicted molar refractivity (Wildman–Crippen MR) is 91.3 cm³/mol. The molecule has 0 aliphatic heterocycles. The van der Waals surface area contributed by atoms with Gasteiger partial charge in [-0.05, 0) is 42.8 Å². The van der Waals surface area contributed by atoms with Gasteiger partial charge in [0.15, 0.2) is 11.6 Å². The van der Waals surface area contributed by atoms with Crippen LogP contribution in [0.25, 0.3) is 0 Å². The highest BCUT2D eigenvalue weighted by molar-refractivity contribution is 6.04. The van der Waals surface area contributed by atoms with Crippen molar-refractivity contribution in [2.75, 3.05) is 12.4 Å². The van der Waals surface area contributed by atoms with Crippen LogP contribution in [0.4, 0.5) is 5.82 Å². The molecule has 0 saturated carbocycles. The van der Waals surface area contributed by atoms with Gasteiger partial charge < -0.3 is 10.1 Å². The van der Waals surface area contributed by atoms with E-state index in [0.717, 1.165) is 11.3 Å². The molecule has 3 rings (SSSR count). The van der Waals surface area contributed by atoms with E-state index in [0.29, 0.717) is 23.7 Å². The zero-order valence-corrected chi connectivity index (χ0v) is 13.6. The number of nitrogens with zero attached hydrogens (tertiary/aromatic N) is 3. The molecular weight excluding hydrogens is 304 g/mol. The predicted octanol–water partition coefficient (Wildman–Crippen LogP) is 2.90. The summed E-state index contributed by atoms with van der Waals surface area (Å²) in [5.74, 6) is 0.726. The van der Waals surface area contributed by atoms with Gasteiger partial charge in [0, 0.05) is 23.7 Å². The van der Waals surface area contributed by atoms with Gasteiger partial charge in [0.05, 0.1) is 13.7 Å². The van der Waals surface area contributed by atoms with E-state index < -0.39 is 0 Å². The fraction of sp³-hybridized carbons (Fsp3) is 0.167. The van der Waals surface area contributed by atoms with Crippen LogP contribution in [0.3, 0.4) is 0 Å². The molecule has 2 heterocycles. The third-order valence-electron chi connectivity index (χ3n) is 3.57. The number of amides is 1. The lowest BCUT2D eigenvalue weighted by Crippen LogP contribution is -2.14. The van der Waals surface area contributed by atoms with Gasteiger partial charge in [0.1, 0.15) is 0 Å². The number of carbonyl (C=O) groups excluding carboxylic acids is 1. The minimum atomic E-state index is -0.225. The molecule has 0 aliphatic carbocycles. The van der Waals surface area contributed by atoms with Crippen LogP contribution < -0.4 is 10.1 Å². The minimum absolute atomic E-state index is 0.225. The Morgan fingerprint density at radius 1 is 1.21 bits per heavy atom. The molecule has 24 heavy (non-hydrogen) atoms. The summed E-state index contributed by atoms with van der Waals surface area (Å²) < 4.78 is 7.06. The topological polar surface area (TPSA) is 69.0 Å². The Labute approximate surface area is 140 Å². The molecule has 0 saturated heterocycles. The highest BCUT2D eigenvalue weighted by Crippen LogP contribution is 2.22. The largest absolute Gasteiger partial charge is 0.493 e. The Morgan fingerprint density at radius 2 is 2.00 bits per heavy atom. The normalized spacial score (nSPS) is 10.4. The van der Waals surface area contributed by atoms with Crippen molar-refractivity contribution in [3.8, 4) is 5.75 Å². The van der Waals surface area contributed by atoms with E-state index in [1.165, 1.54) is 0 Å². The zero-order chi connectivity index (χ0) is 16.9. The molecule has 0 aliphatic rings. The first-order valence-electron chi connectivity index (χ1n) is 7.55. The minimum Gasteiger partial charge on any atom is -0.493 e. The first kappa shape index (κ1) is 15.7. The Morgan fingerprint density at radius 3 is 2.67 bits per heavy atom. The molecule has 6 nitrogen and oxygen atoms in total. The van der Waals surface area contributed by atoms with Crippen molar-refractivity contribution >= 4 is 11.7 Å². The monoisotopic (exact) mass is 322 g/mol. The smallest absolute Gasteiger partial charge is 0.256 e. The van der Waals surface area contributed by atoms with Gasteiger partial charge in [-0.25, -0.2) is 4.98 Å². The third-order valence-corrected chi connectivity index (χ3v) is 3.57. The molecule has 0 spiro atoms. The fourth-order valence-electron chi connectivity index (χ4n) is 2.32. The molecule has 0 unspecified atom stereocenters. The summed E-state index contributed by atoms with van der Waals surface area (Å²) in [6.45, 7) is 2.53. The lowest BCUT2D eigenvalue weighted by molar-refractivity contribution is 0.102. The average molecular weight is 322 g/mol. The maximum absolute atomic E-state index is 12.4. The van der Waals surface area contributed by atoms with Crippen molar-refractivity contribution in [3.63, 3.8) is 0 Å². The summed E-state index contributed by atoms with van der Waals surface area (Å²) in [6.07, 6.45) is 3.64. The van der Waals surface area contributed by atoms with Crippen LogP contribution in [0.1, 0.15) is 21.6 Å². The number of hydrogen-bond donors (Lipinski definition) is 1. The van der Waals surface area contributed by atoms with Gasteiger partial charge in [0.25, 0.3) is 5.91 Å². The van der Waals surface area contributed by atoms with E-state index in [9.17, 15) is 4.79 Å². The number of hydrogen-bond acceptors (Lipinski definition) is 4. The first-order chi connectivity index (χ1) is 11.7. The molecule has 6 heteroatoms. The Kier molecular flexibility index (Phi) is 4.56. The number of carbonyl (C=O) groups is 1. The number of ether oxygens (including phenoxy) is 1. The number of pyridine rings is 1. The second kappa shape index (κ2) is 6.95. The Balaban J connectivity index is 1.72. The summed E-state index contributed by atoms with van der Waals surface area (Å²) in [5.41, 5.74) is 2.44. The molecule has 3 aromatic rings. The summed E-state index contributed by atoms with van der Waals surface area (Å²) >= 11 is 0. The molecular formula is C18H18N4O2. The van der Waals surface area contributed by atoms with Crippen LogP contribution in [0.5, 0.6) is 5.75 Å². The van der Waals surface area contributed by atoms with Gasteiger partial charge in [-0.3, -0.25) is 9.48 Å². The molecule has 122 valence electrons. The molecule has 0 bridgehead atoms. The van der Waals surface area contributed by atoms with E-state index in [4.69, 9.17) is 4.74 Å². The van der Waals surface area contributed by atoms with Gasteiger partial charge >= 0.3 is 0 Å². The quantitative estimate of drug-likeness (QED) is 0.784. The number of methoxy groups -OCH3 is 1. The fourth-order valence-corrected chi connectivity index (χ4v) is 2.32. The van der Waals surface area contributed by atoms with Crippen LogP contribution in [0.15, 0.2) is 54.9 Å². The van der Waals surface area contributed by atoms with Crippen molar-refractivity contribution < 1.29 is 9.53 Å². The van der Waals surface area contributed by atoms with Crippen molar-refractivity contribution in [1.82, 2.24) is 14.8 Å². The van der Waals surface area contributed by atoms with Crippen molar-refractivity contribution in [3.05, 3.63) is 71.7 Å². The van der Waals surface area contributed by atoms with Crippen molar-refractivity contribution in [1.29, 1.82) is 0 Å². The molecule has 0 fully saturated rings. The molecule has 1 amide bonds. The highest BCUT2D eigenvalue weighted by atomic mass is 16.5. The first-order valence-corrected chi connectivity index (χ1v) is 7.55. The number of benzene rings is 1. The van der Waals surface area contributed by atoms with Gasteiger partial charge in [0.2, 0.25) is 0 Å². The molecule has 1 N–H and O–H groups in total. The van der Waals surface area contributed by atoms with E-state index in [1.807, 2.05) is 42.1 Å².